The lowest BCUT2D eigenvalue weighted by Gasteiger charge is -2.11. The summed E-state index contributed by atoms with van der Waals surface area (Å²) in [5.74, 6) is 1.39. The minimum Gasteiger partial charge on any atom is -0.497 e. The molecule has 0 aliphatic heterocycles. The van der Waals surface area contributed by atoms with Gasteiger partial charge in [-0.2, -0.15) is 0 Å². The number of hydrogen-bond acceptors (Lipinski definition) is 3. The normalized spacial score (nSPS) is 10.4. The number of benzene rings is 3. The van der Waals surface area contributed by atoms with E-state index < -0.39 is 0 Å². The predicted molar refractivity (Wildman–Crippen MR) is 114 cm³/mol. The standard InChI is InChI=1S/C23H22BrNO3/c1-27-20-10-7-18(8-11-20)16-25-23(26)19-9-12-22(21(24)15-19)28-14-13-17-5-3-2-4-6-17/h2-12,15H,13-14,16H2,1H3,(H,25,26). The third-order valence-electron chi connectivity index (χ3n) is 4.30. The van der Waals surface area contributed by atoms with E-state index in [1.165, 1.54) is 5.56 Å². The molecule has 3 rings (SSSR count). The molecule has 5 heteroatoms. The maximum Gasteiger partial charge on any atom is 0.251 e. The number of hydrogen-bond donors (Lipinski definition) is 1. The van der Waals surface area contributed by atoms with Crippen molar-refractivity contribution in [1.29, 1.82) is 0 Å². The van der Waals surface area contributed by atoms with Gasteiger partial charge in [0.05, 0.1) is 18.2 Å². The number of carbonyl (C=O) groups excluding carboxylic acids is 1. The van der Waals surface area contributed by atoms with Gasteiger partial charge in [0.1, 0.15) is 11.5 Å². The maximum absolute atomic E-state index is 12.4. The third kappa shape index (κ3) is 5.60. The van der Waals surface area contributed by atoms with Crippen molar-refractivity contribution < 1.29 is 14.3 Å². The van der Waals surface area contributed by atoms with Crippen LogP contribution in [0.25, 0.3) is 0 Å². The fourth-order valence-electron chi connectivity index (χ4n) is 2.71. The Morgan fingerprint density at radius 2 is 1.71 bits per heavy atom. The van der Waals surface area contributed by atoms with Crippen LogP contribution < -0.4 is 14.8 Å². The van der Waals surface area contributed by atoms with Crippen molar-refractivity contribution in [1.82, 2.24) is 5.32 Å². The Kier molecular flexibility index (Phi) is 7.09. The summed E-state index contributed by atoms with van der Waals surface area (Å²) in [6, 6.07) is 23.2. The molecular formula is C23H22BrNO3. The van der Waals surface area contributed by atoms with E-state index in [4.69, 9.17) is 9.47 Å². The largest absolute Gasteiger partial charge is 0.497 e. The molecule has 0 saturated carbocycles. The van der Waals surface area contributed by atoms with E-state index in [2.05, 4.69) is 33.4 Å². The van der Waals surface area contributed by atoms with Gasteiger partial charge in [-0.1, -0.05) is 42.5 Å². The number of ether oxygens (including phenoxy) is 2. The highest BCUT2D eigenvalue weighted by Gasteiger charge is 2.09. The molecular weight excluding hydrogens is 418 g/mol. The van der Waals surface area contributed by atoms with Gasteiger partial charge in [-0.15, -0.1) is 0 Å². The summed E-state index contributed by atoms with van der Waals surface area (Å²) >= 11 is 3.49. The Hall–Kier alpha value is -2.79. The van der Waals surface area contributed by atoms with Crippen LogP contribution in [-0.4, -0.2) is 19.6 Å². The zero-order chi connectivity index (χ0) is 19.8. The number of rotatable bonds is 8. The summed E-state index contributed by atoms with van der Waals surface area (Å²) in [5.41, 5.74) is 2.82. The van der Waals surface area contributed by atoms with Crippen molar-refractivity contribution in [2.75, 3.05) is 13.7 Å². The van der Waals surface area contributed by atoms with Crippen molar-refractivity contribution in [2.24, 2.45) is 0 Å². The zero-order valence-corrected chi connectivity index (χ0v) is 17.2. The number of nitrogens with one attached hydrogen (secondary N) is 1. The van der Waals surface area contributed by atoms with Crippen molar-refractivity contribution in [3.8, 4) is 11.5 Å². The topological polar surface area (TPSA) is 47.6 Å². The van der Waals surface area contributed by atoms with Gasteiger partial charge in [0, 0.05) is 18.5 Å². The Morgan fingerprint density at radius 1 is 0.964 bits per heavy atom. The van der Waals surface area contributed by atoms with E-state index in [1.54, 1.807) is 19.2 Å². The number of methoxy groups -OCH3 is 1. The van der Waals surface area contributed by atoms with E-state index in [1.807, 2.05) is 48.5 Å². The summed E-state index contributed by atoms with van der Waals surface area (Å²) < 4.78 is 11.7. The van der Waals surface area contributed by atoms with E-state index in [9.17, 15) is 4.79 Å². The molecule has 0 unspecified atom stereocenters. The first-order chi connectivity index (χ1) is 13.7. The van der Waals surface area contributed by atoms with Crippen molar-refractivity contribution in [2.45, 2.75) is 13.0 Å². The molecule has 144 valence electrons. The maximum atomic E-state index is 12.4. The highest BCUT2D eigenvalue weighted by atomic mass is 79.9. The molecule has 0 saturated heterocycles. The average Bonchev–Trinajstić information content (AvgIpc) is 2.74. The summed E-state index contributed by atoms with van der Waals surface area (Å²) in [4.78, 5) is 12.4. The van der Waals surface area contributed by atoms with Crippen LogP contribution in [0.15, 0.2) is 77.3 Å². The summed E-state index contributed by atoms with van der Waals surface area (Å²) in [6.45, 7) is 1.03. The molecule has 0 radical (unpaired) electrons. The van der Waals surface area contributed by atoms with Crippen LogP contribution in [0, 0.1) is 0 Å². The molecule has 0 atom stereocenters. The fourth-order valence-corrected chi connectivity index (χ4v) is 3.20. The Bertz CT molecular complexity index is 911. The molecule has 3 aromatic carbocycles. The van der Waals surface area contributed by atoms with Crippen LogP contribution in [-0.2, 0) is 13.0 Å². The van der Waals surface area contributed by atoms with Gasteiger partial charge >= 0.3 is 0 Å². The predicted octanol–water partition coefficient (Wildman–Crippen LogP) is 5.01. The molecule has 0 aromatic heterocycles. The molecule has 0 bridgehead atoms. The Labute approximate surface area is 173 Å². The first-order valence-electron chi connectivity index (χ1n) is 9.03. The average molecular weight is 440 g/mol. The molecule has 28 heavy (non-hydrogen) atoms. The summed E-state index contributed by atoms with van der Waals surface area (Å²) in [7, 11) is 1.63. The van der Waals surface area contributed by atoms with Crippen molar-refractivity contribution in [3.05, 3.63) is 94.0 Å². The van der Waals surface area contributed by atoms with Gasteiger partial charge in [-0.25, -0.2) is 0 Å². The third-order valence-corrected chi connectivity index (χ3v) is 4.92. The van der Waals surface area contributed by atoms with Gasteiger partial charge in [0.15, 0.2) is 0 Å². The molecule has 0 fully saturated rings. The van der Waals surface area contributed by atoms with Crippen LogP contribution in [0.5, 0.6) is 11.5 Å². The van der Waals surface area contributed by atoms with Crippen LogP contribution in [0.1, 0.15) is 21.5 Å². The summed E-state index contributed by atoms with van der Waals surface area (Å²) in [6.07, 6.45) is 0.831. The molecule has 1 N–H and O–H groups in total. The lowest BCUT2D eigenvalue weighted by atomic mass is 10.1. The fraction of sp³-hybridized carbons (Fsp3) is 0.174. The molecule has 3 aromatic rings. The van der Waals surface area contributed by atoms with Gasteiger partial charge in [-0.05, 0) is 57.4 Å². The lowest BCUT2D eigenvalue weighted by molar-refractivity contribution is 0.0951. The van der Waals surface area contributed by atoms with Gasteiger partial charge in [-0.3, -0.25) is 4.79 Å². The van der Waals surface area contributed by atoms with E-state index in [-0.39, 0.29) is 5.91 Å². The number of carbonyl (C=O) groups is 1. The second kappa shape index (κ2) is 9.95. The zero-order valence-electron chi connectivity index (χ0n) is 15.7. The second-order valence-corrected chi connectivity index (χ2v) is 7.11. The number of halogens is 1. The lowest BCUT2D eigenvalue weighted by Crippen LogP contribution is -2.22. The van der Waals surface area contributed by atoms with Crippen LogP contribution in [0.2, 0.25) is 0 Å². The quantitative estimate of drug-likeness (QED) is 0.536. The number of amides is 1. The van der Waals surface area contributed by atoms with E-state index in [0.717, 1.165) is 28.0 Å². The molecule has 1 amide bonds. The SMILES string of the molecule is COc1ccc(CNC(=O)c2ccc(OCCc3ccccc3)c(Br)c2)cc1. The van der Waals surface area contributed by atoms with Gasteiger partial charge in [0.25, 0.3) is 5.91 Å². The summed E-state index contributed by atoms with van der Waals surface area (Å²) in [5, 5.41) is 2.92. The second-order valence-electron chi connectivity index (χ2n) is 6.26. The first-order valence-corrected chi connectivity index (χ1v) is 9.82. The van der Waals surface area contributed by atoms with E-state index in [0.29, 0.717) is 18.7 Å². The Morgan fingerprint density at radius 3 is 2.39 bits per heavy atom. The van der Waals surface area contributed by atoms with Crippen LogP contribution >= 0.6 is 15.9 Å². The van der Waals surface area contributed by atoms with Crippen molar-refractivity contribution >= 4 is 21.8 Å². The monoisotopic (exact) mass is 439 g/mol. The van der Waals surface area contributed by atoms with Gasteiger partial charge in [0.2, 0.25) is 0 Å². The molecule has 0 aliphatic carbocycles. The van der Waals surface area contributed by atoms with Crippen LogP contribution in [0.3, 0.4) is 0 Å². The smallest absolute Gasteiger partial charge is 0.251 e. The molecule has 4 nitrogen and oxygen atoms in total. The highest BCUT2D eigenvalue weighted by molar-refractivity contribution is 9.10. The van der Waals surface area contributed by atoms with E-state index >= 15 is 0 Å². The molecule has 0 heterocycles. The molecule has 0 aliphatic rings. The van der Waals surface area contributed by atoms with Gasteiger partial charge < -0.3 is 14.8 Å². The Balaban J connectivity index is 1.52. The van der Waals surface area contributed by atoms with Crippen LogP contribution in [0.4, 0.5) is 0 Å². The first kappa shape index (κ1) is 20.0. The minimum absolute atomic E-state index is 0.132. The van der Waals surface area contributed by atoms with Crippen molar-refractivity contribution in [3.63, 3.8) is 0 Å². The highest BCUT2D eigenvalue weighted by Crippen LogP contribution is 2.26. The minimum atomic E-state index is -0.132. The molecule has 0 spiro atoms.